The summed E-state index contributed by atoms with van der Waals surface area (Å²) in [4.78, 5) is 16.1. The number of hydrogen-bond donors (Lipinski definition) is 3. The van der Waals surface area contributed by atoms with E-state index in [-0.39, 0.29) is 5.91 Å². The van der Waals surface area contributed by atoms with Crippen LogP contribution >= 0.6 is 0 Å². The van der Waals surface area contributed by atoms with Crippen LogP contribution in [0.1, 0.15) is 37.2 Å². The van der Waals surface area contributed by atoms with Gasteiger partial charge in [0.2, 0.25) is 0 Å². The Kier molecular flexibility index (Phi) is 3.52. The number of nitrogens with two attached hydrogens (primary N) is 1. The van der Waals surface area contributed by atoms with Crippen molar-refractivity contribution < 1.29 is 4.79 Å². The molecule has 1 aliphatic carbocycles. The van der Waals surface area contributed by atoms with E-state index in [1.54, 1.807) is 18.2 Å². The van der Waals surface area contributed by atoms with Gasteiger partial charge >= 0.3 is 0 Å². The lowest BCUT2D eigenvalue weighted by Gasteiger charge is -2.19. The van der Waals surface area contributed by atoms with Crippen LogP contribution in [0.15, 0.2) is 18.2 Å². The van der Waals surface area contributed by atoms with Crippen molar-refractivity contribution in [2.75, 3.05) is 12.0 Å². The number of nitrogens with one attached hydrogen (secondary N) is 2. The monoisotopic (exact) mass is 248 g/mol. The number of amides is 1. The van der Waals surface area contributed by atoms with Gasteiger partial charge in [0, 0.05) is 6.54 Å². The second kappa shape index (κ2) is 4.94. The number of aromatic nitrogens is 1. The van der Waals surface area contributed by atoms with Crippen molar-refractivity contribution in [2.45, 2.75) is 26.7 Å². The first-order chi connectivity index (χ1) is 8.57. The summed E-state index contributed by atoms with van der Waals surface area (Å²) in [5.74, 6) is 6.22. The van der Waals surface area contributed by atoms with Crippen molar-refractivity contribution >= 4 is 11.7 Å². The van der Waals surface area contributed by atoms with Gasteiger partial charge in [0.15, 0.2) is 0 Å². The molecule has 5 heteroatoms. The number of hydrogen-bond acceptors (Lipinski definition) is 4. The standard InChI is InChI=1S/C13H20N4O/c1-9(2)13(6-7-13)8-15-12(18)10-4-3-5-11(16-10)17-14/h3-5,9H,6-8,14H2,1-2H3,(H,15,18)(H,16,17). The molecular weight excluding hydrogens is 228 g/mol. The fourth-order valence-electron chi connectivity index (χ4n) is 2.11. The van der Waals surface area contributed by atoms with E-state index in [4.69, 9.17) is 5.84 Å². The molecule has 1 aromatic heterocycles. The molecule has 0 radical (unpaired) electrons. The molecule has 98 valence electrons. The Labute approximate surface area is 107 Å². The van der Waals surface area contributed by atoms with E-state index in [2.05, 4.69) is 29.6 Å². The second-order valence-electron chi connectivity index (χ2n) is 5.25. The van der Waals surface area contributed by atoms with E-state index in [0.29, 0.717) is 22.8 Å². The highest BCUT2D eigenvalue weighted by Crippen LogP contribution is 2.51. The first kappa shape index (κ1) is 12.8. The number of nitrogens with zero attached hydrogens (tertiary/aromatic N) is 1. The summed E-state index contributed by atoms with van der Waals surface area (Å²) in [6.07, 6.45) is 2.39. The molecule has 1 fully saturated rings. The number of carbonyl (C=O) groups excluding carboxylic acids is 1. The third kappa shape index (κ3) is 2.61. The minimum absolute atomic E-state index is 0.140. The molecule has 5 nitrogen and oxygen atoms in total. The van der Waals surface area contributed by atoms with Gasteiger partial charge in [0.25, 0.3) is 5.91 Å². The summed E-state index contributed by atoms with van der Waals surface area (Å²) in [6.45, 7) is 5.14. The maximum absolute atomic E-state index is 12.0. The van der Waals surface area contributed by atoms with Crippen molar-refractivity contribution in [1.82, 2.24) is 10.3 Å². The molecule has 4 N–H and O–H groups in total. The van der Waals surface area contributed by atoms with E-state index < -0.39 is 0 Å². The zero-order valence-corrected chi connectivity index (χ0v) is 10.9. The Morgan fingerprint density at radius 2 is 2.22 bits per heavy atom. The Balaban J connectivity index is 1.95. The van der Waals surface area contributed by atoms with E-state index in [1.807, 2.05) is 0 Å². The number of hydrazine groups is 1. The van der Waals surface area contributed by atoms with Gasteiger partial charge in [0.05, 0.1) is 0 Å². The molecule has 0 unspecified atom stereocenters. The third-order valence-corrected chi connectivity index (χ3v) is 3.85. The summed E-state index contributed by atoms with van der Waals surface area (Å²) < 4.78 is 0. The Hall–Kier alpha value is -1.62. The van der Waals surface area contributed by atoms with Gasteiger partial charge in [-0.05, 0) is 36.3 Å². The summed E-state index contributed by atoms with van der Waals surface area (Å²) in [6, 6.07) is 5.16. The third-order valence-electron chi connectivity index (χ3n) is 3.85. The van der Waals surface area contributed by atoms with Crippen molar-refractivity contribution in [1.29, 1.82) is 0 Å². The molecule has 0 bridgehead atoms. The van der Waals surface area contributed by atoms with Gasteiger partial charge < -0.3 is 10.7 Å². The molecule has 1 saturated carbocycles. The molecule has 0 saturated heterocycles. The van der Waals surface area contributed by atoms with E-state index in [0.717, 1.165) is 6.54 Å². The van der Waals surface area contributed by atoms with Crippen molar-refractivity contribution in [3.63, 3.8) is 0 Å². The number of carbonyl (C=O) groups is 1. The average Bonchev–Trinajstić information content (AvgIpc) is 3.17. The summed E-state index contributed by atoms with van der Waals surface area (Å²) in [5, 5.41) is 2.96. The fourth-order valence-corrected chi connectivity index (χ4v) is 2.11. The van der Waals surface area contributed by atoms with E-state index in [9.17, 15) is 4.79 Å². The van der Waals surface area contributed by atoms with Gasteiger partial charge in [-0.25, -0.2) is 10.8 Å². The number of anilines is 1. The van der Waals surface area contributed by atoms with Gasteiger partial charge in [-0.15, -0.1) is 0 Å². The molecule has 0 atom stereocenters. The van der Waals surface area contributed by atoms with Crippen LogP contribution < -0.4 is 16.6 Å². The second-order valence-corrected chi connectivity index (χ2v) is 5.25. The van der Waals surface area contributed by atoms with Crippen LogP contribution in [0.25, 0.3) is 0 Å². The highest BCUT2D eigenvalue weighted by molar-refractivity contribution is 5.92. The number of nitrogen functional groups attached to an aromatic ring is 1. The SMILES string of the molecule is CC(C)C1(CNC(=O)c2cccc(NN)n2)CC1. The Morgan fingerprint density at radius 3 is 2.78 bits per heavy atom. The van der Waals surface area contributed by atoms with Crippen molar-refractivity contribution in [3.05, 3.63) is 23.9 Å². The number of rotatable bonds is 5. The highest BCUT2D eigenvalue weighted by atomic mass is 16.1. The van der Waals surface area contributed by atoms with E-state index >= 15 is 0 Å². The molecule has 2 rings (SSSR count). The fraction of sp³-hybridized carbons (Fsp3) is 0.538. The van der Waals surface area contributed by atoms with Crippen LogP contribution in [-0.2, 0) is 0 Å². The average molecular weight is 248 g/mol. The zero-order chi connectivity index (χ0) is 13.2. The first-order valence-corrected chi connectivity index (χ1v) is 6.29. The Morgan fingerprint density at radius 1 is 1.50 bits per heavy atom. The van der Waals surface area contributed by atoms with Crippen LogP contribution in [0, 0.1) is 11.3 Å². The number of pyridine rings is 1. The van der Waals surface area contributed by atoms with Gasteiger partial charge in [-0.1, -0.05) is 19.9 Å². The predicted octanol–water partition coefficient (Wildman–Crippen LogP) is 1.53. The minimum atomic E-state index is -0.140. The summed E-state index contributed by atoms with van der Waals surface area (Å²) >= 11 is 0. The lowest BCUT2D eigenvalue weighted by atomic mass is 9.92. The zero-order valence-electron chi connectivity index (χ0n) is 10.9. The predicted molar refractivity (Wildman–Crippen MR) is 70.9 cm³/mol. The molecular formula is C13H20N4O. The summed E-state index contributed by atoms with van der Waals surface area (Å²) in [5.41, 5.74) is 3.13. The Bertz CT molecular complexity index is 440. The molecule has 1 aliphatic rings. The summed E-state index contributed by atoms with van der Waals surface area (Å²) in [7, 11) is 0. The molecule has 1 aromatic rings. The normalized spacial score (nSPS) is 16.4. The largest absolute Gasteiger partial charge is 0.350 e. The molecule has 0 aliphatic heterocycles. The van der Waals surface area contributed by atoms with Crippen molar-refractivity contribution in [3.8, 4) is 0 Å². The van der Waals surface area contributed by atoms with E-state index in [1.165, 1.54) is 12.8 Å². The lowest BCUT2D eigenvalue weighted by Crippen LogP contribution is -2.33. The molecule has 0 aromatic carbocycles. The molecule has 1 amide bonds. The first-order valence-electron chi connectivity index (χ1n) is 6.29. The van der Waals surface area contributed by atoms with Crippen LogP contribution in [0.5, 0.6) is 0 Å². The van der Waals surface area contributed by atoms with Crippen molar-refractivity contribution in [2.24, 2.45) is 17.2 Å². The molecule has 18 heavy (non-hydrogen) atoms. The van der Waals surface area contributed by atoms with Crippen LogP contribution in [-0.4, -0.2) is 17.4 Å². The van der Waals surface area contributed by atoms with Gasteiger partial charge in [-0.2, -0.15) is 0 Å². The van der Waals surface area contributed by atoms with Crippen LogP contribution in [0.3, 0.4) is 0 Å². The maximum Gasteiger partial charge on any atom is 0.269 e. The highest BCUT2D eigenvalue weighted by Gasteiger charge is 2.45. The molecule has 0 spiro atoms. The van der Waals surface area contributed by atoms with Gasteiger partial charge in [-0.3, -0.25) is 4.79 Å². The lowest BCUT2D eigenvalue weighted by molar-refractivity contribution is 0.0935. The quantitative estimate of drug-likeness (QED) is 0.545. The van der Waals surface area contributed by atoms with Crippen LogP contribution in [0.4, 0.5) is 5.82 Å². The topological polar surface area (TPSA) is 80.0 Å². The molecule has 1 heterocycles. The van der Waals surface area contributed by atoms with Crippen LogP contribution in [0.2, 0.25) is 0 Å². The smallest absolute Gasteiger partial charge is 0.269 e. The minimum Gasteiger partial charge on any atom is -0.350 e. The maximum atomic E-state index is 12.0. The van der Waals surface area contributed by atoms with Gasteiger partial charge in [0.1, 0.15) is 11.5 Å².